The van der Waals surface area contributed by atoms with E-state index in [1.165, 1.54) is 10.5 Å². The fourth-order valence-electron chi connectivity index (χ4n) is 2.18. The first-order chi connectivity index (χ1) is 9.20. The number of benzene rings is 1. The van der Waals surface area contributed by atoms with E-state index >= 15 is 0 Å². The Labute approximate surface area is 118 Å². The van der Waals surface area contributed by atoms with Gasteiger partial charge in [0.05, 0.1) is 13.2 Å². The number of guanidine groups is 1. The molecule has 0 saturated heterocycles. The molecule has 0 fully saturated rings. The van der Waals surface area contributed by atoms with Crippen LogP contribution >= 0.6 is 11.8 Å². The first-order valence-electron chi connectivity index (χ1n) is 6.48. The zero-order valence-electron chi connectivity index (χ0n) is 11.4. The van der Waals surface area contributed by atoms with Crippen molar-refractivity contribution >= 4 is 17.7 Å². The highest BCUT2D eigenvalue weighted by atomic mass is 32.2. The van der Waals surface area contributed by atoms with E-state index in [0.29, 0.717) is 18.5 Å². The molecule has 1 heterocycles. The fraction of sp³-hybridized carbons (Fsp3) is 0.500. The second-order valence-corrected chi connectivity index (χ2v) is 5.83. The number of methoxy groups -OCH3 is 1. The van der Waals surface area contributed by atoms with Crippen molar-refractivity contribution in [2.24, 2.45) is 10.7 Å². The maximum atomic E-state index is 5.88. The molecule has 0 aromatic heterocycles. The van der Waals surface area contributed by atoms with Crippen LogP contribution in [-0.2, 0) is 4.74 Å². The van der Waals surface area contributed by atoms with Crippen LogP contribution in [0.25, 0.3) is 0 Å². The summed E-state index contributed by atoms with van der Waals surface area (Å²) >= 11 is 1.90. The average molecular weight is 279 g/mol. The van der Waals surface area contributed by atoms with Gasteiger partial charge < -0.3 is 15.8 Å². The zero-order chi connectivity index (χ0) is 13.7. The number of hydrogen-bond acceptors (Lipinski definition) is 3. The molecular weight excluding hydrogens is 258 g/mol. The highest BCUT2D eigenvalue weighted by molar-refractivity contribution is 7.99. The highest BCUT2D eigenvalue weighted by Crippen LogP contribution is 2.39. The van der Waals surface area contributed by atoms with Gasteiger partial charge in [-0.2, -0.15) is 0 Å². The lowest BCUT2D eigenvalue weighted by Crippen LogP contribution is -2.40. The minimum atomic E-state index is 0.180. The molecule has 0 saturated carbocycles. The van der Waals surface area contributed by atoms with Gasteiger partial charge in [-0.25, -0.2) is 0 Å². The Balaban J connectivity index is 1.89. The number of thioether (sulfide) groups is 1. The molecule has 2 unspecified atom stereocenters. The summed E-state index contributed by atoms with van der Waals surface area (Å²) in [5.74, 6) is 2.06. The van der Waals surface area contributed by atoms with E-state index in [9.17, 15) is 0 Å². The van der Waals surface area contributed by atoms with E-state index in [4.69, 9.17) is 10.5 Å². The van der Waals surface area contributed by atoms with Crippen LogP contribution in [0.4, 0.5) is 0 Å². The van der Waals surface area contributed by atoms with Crippen LogP contribution in [-0.4, -0.2) is 38.0 Å². The summed E-state index contributed by atoms with van der Waals surface area (Å²) < 4.78 is 5.05. The third kappa shape index (κ3) is 3.88. The molecule has 5 heteroatoms. The lowest BCUT2D eigenvalue weighted by atomic mass is 10.0. The molecule has 0 bridgehead atoms. The van der Waals surface area contributed by atoms with E-state index in [-0.39, 0.29) is 6.04 Å². The Morgan fingerprint density at radius 2 is 2.37 bits per heavy atom. The van der Waals surface area contributed by atoms with Crippen molar-refractivity contribution in [3.05, 3.63) is 29.8 Å². The first-order valence-corrected chi connectivity index (χ1v) is 7.46. The van der Waals surface area contributed by atoms with Crippen molar-refractivity contribution in [1.29, 1.82) is 0 Å². The quantitative estimate of drug-likeness (QED) is 0.637. The number of rotatable bonds is 5. The van der Waals surface area contributed by atoms with E-state index < -0.39 is 0 Å². The summed E-state index contributed by atoms with van der Waals surface area (Å²) in [5, 5.41) is 3.12. The van der Waals surface area contributed by atoms with Gasteiger partial charge in [-0.15, -0.1) is 11.8 Å². The number of hydrogen-bond donors (Lipinski definition) is 2. The molecule has 19 heavy (non-hydrogen) atoms. The van der Waals surface area contributed by atoms with Crippen molar-refractivity contribution in [2.45, 2.75) is 23.8 Å². The number of ether oxygens (including phenoxy) is 1. The molecule has 2 rings (SSSR count). The third-order valence-corrected chi connectivity index (χ3v) is 4.34. The monoisotopic (exact) mass is 279 g/mol. The van der Waals surface area contributed by atoms with Crippen LogP contribution in [0.1, 0.15) is 18.4 Å². The summed E-state index contributed by atoms with van der Waals surface area (Å²) in [5.41, 5.74) is 7.28. The Morgan fingerprint density at radius 1 is 1.58 bits per heavy atom. The second-order valence-electron chi connectivity index (χ2n) is 4.77. The second kappa shape index (κ2) is 6.82. The van der Waals surface area contributed by atoms with Gasteiger partial charge in [0, 0.05) is 29.7 Å². The predicted octanol–water partition coefficient (Wildman–Crippen LogP) is 1.82. The fourth-order valence-corrected chi connectivity index (χ4v) is 3.42. The number of fused-ring (bicyclic) bond motifs is 1. The van der Waals surface area contributed by atoms with Crippen LogP contribution in [0.3, 0.4) is 0 Å². The van der Waals surface area contributed by atoms with Gasteiger partial charge >= 0.3 is 0 Å². The maximum absolute atomic E-state index is 5.88. The normalized spacial score (nSPS) is 20.1. The van der Waals surface area contributed by atoms with Gasteiger partial charge in [0.1, 0.15) is 0 Å². The number of nitrogens with one attached hydrogen (secondary N) is 1. The van der Waals surface area contributed by atoms with Crippen LogP contribution in [0.15, 0.2) is 34.2 Å². The maximum Gasteiger partial charge on any atom is 0.188 e. The van der Waals surface area contributed by atoms with Gasteiger partial charge in [0.25, 0.3) is 0 Å². The summed E-state index contributed by atoms with van der Waals surface area (Å²) in [6.45, 7) is 3.38. The number of nitrogens with zero attached hydrogens (tertiary/aromatic N) is 1. The summed E-state index contributed by atoms with van der Waals surface area (Å²) in [6, 6.07) is 8.71. The zero-order valence-corrected chi connectivity index (χ0v) is 12.2. The Bertz CT molecular complexity index is 450. The van der Waals surface area contributed by atoms with Gasteiger partial charge in [0.2, 0.25) is 0 Å². The molecule has 1 aliphatic rings. The molecule has 104 valence electrons. The van der Waals surface area contributed by atoms with Gasteiger partial charge in [-0.05, 0) is 18.6 Å². The lowest BCUT2D eigenvalue weighted by Gasteiger charge is -2.14. The summed E-state index contributed by atoms with van der Waals surface area (Å²) in [7, 11) is 1.68. The molecule has 1 aromatic rings. The van der Waals surface area contributed by atoms with Gasteiger partial charge in [-0.1, -0.05) is 18.2 Å². The summed E-state index contributed by atoms with van der Waals surface area (Å²) in [6.07, 6.45) is 0. The van der Waals surface area contributed by atoms with Crippen molar-refractivity contribution in [2.75, 3.05) is 26.0 Å². The summed E-state index contributed by atoms with van der Waals surface area (Å²) in [4.78, 5) is 5.82. The topological polar surface area (TPSA) is 59.6 Å². The van der Waals surface area contributed by atoms with E-state index in [1.807, 2.05) is 18.7 Å². The minimum absolute atomic E-state index is 0.180. The van der Waals surface area contributed by atoms with Crippen molar-refractivity contribution < 1.29 is 4.74 Å². The van der Waals surface area contributed by atoms with Crippen LogP contribution < -0.4 is 11.1 Å². The van der Waals surface area contributed by atoms with Crippen LogP contribution in [0.2, 0.25) is 0 Å². The van der Waals surface area contributed by atoms with Crippen LogP contribution in [0, 0.1) is 0 Å². The number of nitrogens with two attached hydrogens (primary N) is 1. The standard InChI is InChI=1S/C14H21N3OS/c1-10(8-18-2)17-14(15)16-7-11-9-19-13-6-4-3-5-12(11)13/h3-6,10-11H,7-9H2,1-2H3,(H3,15,16,17). The third-order valence-electron chi connectivity index (χ3n) is 3.09. The van der Waals surface area contributed by atoms with Gasteiger partial charge in [0.15, 0.2) is 5.96 Å². The Morgan fingerprint density at radius 3 is 3.16 bits per heavy atom. The molecule has 3 N–H and O–H groups in total. The highest BCUT2D eigenvalue weighted by Gasteiger charge is 2.22. The average Bonchev–Trinajstić information content (AvgIpc) is 2.80. The Hall–Kier alpha value is -1.20. The molecule has 0 amide bonds. The van der Waals surface area contributed by atoms with E-state index in [2.05, 4.69) is 34.6 Å². The molecule has 2 atom stereocenters. The van der Waals surface area contributed by atoms with E-state index in [1.54, 1.807) is 7.11 Å². The molecule has 0 spiro atoms. The first kappa shape index (κ1) is 14.2. The largest absolute Gasteiger partial charge is 0.383 e. The lowest BCUT2D eigenvalue weighted by molar-refractivity contribution is 0.179. The molecule has 4 nitrogen and oxygen atoms in total. The minimum Gasteiger partial charge on any atom is -0.383 e. The van der Waals surface area contributed by atoms with Crippen molar-refractivity contribution in [3.8, 4) is 0 Å². The molecular formula is C14H21N3OS. The van der Waals surface area contributed by atoms with Crippen molar-refractivity contribution in [3.63, 3.8) is 0 Å². The van der Waals surface area contributed by atoms with Crippen LogP contribution in [0.5, 0.6) is 0 Å². The molecule has 0 radical (unpaired) electrons. The molecule has 1 aliphatic heterocycles. The molecule has 0 aliphatic carbocycles. The van der Waals surface area contributed by atoms with E-state index in [0.717, 1.165) is 12.3 Å². The Kier molecular flexibility index (Phi) is 5.10. The smallest absolute Gasteiger partial charge is 0.188 e. The molecule has 1 aromatic carbocycles. The number of aliphatic imine (C=N–C) groups is 1. The van der Waals surface area contributed by atoms with Gasteiger partial charge in [-0.3, -0.25) is 4.99 Å². The predicted molar refractivity (Wildman–Crippen MR) is 80.9 cm³/mol. The van der Waals surface area contributed by atoms with Crippen molar-refractivity contribution in [1.82, 2.24) is 5.32 Å². The SMILES string of the molecule is COCC(C)NC(N)=NCC1CSc2ccccc21.